The Balaban J connectivity index is 1.62. The van der Waals surface area contributed by atoms with E-state index in [0.717, 1.165) is 12.8 Å². The summed E-state index contributed by atoms with van der Waals surface area (Å²) in [5, 5.41) is 11.1. The maximum absolute atomic E-state index is 12.6. The third-order valence-electron chi connectivity index (χ3n) is 4.97. The van der Waals surface area contributed by atoms with E-state index in [4.69, 9.17) is 4.42 Å². The third-order valence-corrected chi connectivity index (χ3v) is 4.97. The highest BCUT2D eigenvalue weighted by molar-refractivity contribution is 5.92. The summed E-state index contributed by atoms with van der Waals surface area (Å²) in [6, 6.07) is 3.50. The van der Waals surface area contributed by atoms with E-state index in [2.05, 4.69) is 4.98 Å². The Morgan fingerprint density at radius 2 is 2.14 bits per heavy atom. The SMILES string of the molecule is Cn1ccnc1C1(O)C[C@@H]2CC[C@@H](C1)N2C(=O)c1ccco1. The smallest absolute Gasteiger partial charge is 0.290 e. The van der Waals surface area contributed by atoms with Gasteiger partial charge in [0.1, 0.15) is 11.4 Å². The minimum absolute atomic E-state index is 0.0399. The normalized spacial score (nSPS) is 30.7. The quantitative estimate of drug-likeness (QED) is 0.916. The molecule has 2 atom stereocenters. The lowest BCUT2D eigenvalue weighted by molar-refractivity contribution is -0.0561. The number of amides is 1. The van der Waals surface area contributed by atoms with Crippen LogP contribution < -0.4 is 0 Å². The fraction of sp³-hybridized carbons (Fsp3) is 0.500. The lowest BCUT2D eigenvalue weighted by Gasteiger charge is -2.43. The van der Waals surface area contributed by atoms with Crippen LogP contribution in [0, 0.1) is 0 Å². The molecule has 0 aromatic carbocycles. The first-order valence-corrected chi connectivity index (χ1v) is 7.65. The summed E-state index contributed by atoms with van der Waals surface area (Å²) < 4.78 is 7.11. The van der Waals surface area contributed by atoms with Gasteiger partial charge in [0.05, 0.1) is 6.26 Å². The van der Waals surface area contributed by atoms with Crippen LogP contribution in [0.3, 0.4) is 0 Å². The van der Waals surface area contributed by atoms with Crippen LogP contribution in [0.4, 0.5) is 0 Å². The number of fused-ring (bicyclic) bond motifs is 2. The average molecular weight is 301 g/mol. The van der Waals surface area contributed by atoms with Crippen LogP contribution in [-0.2, 0) is 12.6 Å². The lowest BCUT2D eigenvalue weighted by Crippen LogP contribution is -2.52. The van der Waals surface area contributed by atoms with Gasteiger partial charge >= 0.3 is 0 Å². The van der Waals surface area contributed by atoms with Gasteiger partial charge in [-0.3, -0.25) is 4.79 Å². The summed E-state index contributed by atoms with van der Waals surface area (Å²) in [4.78, 5) is 18.8. The van der Waals surface area contributed by atoms with Crippen molar-refractivity contribution in [2.45, 2.75) is 43.4 Å². The molecule has 2 aromatic rings. The van der Waals surface area contributed by atoms with Crippen molar-refractivity contribution in [1.82, 2.24) is 14.5 Å². The van der Waals surface area contributed by atoms with Gasteiger partial charge in [0.2, 0.25) is 0 Å². The van der Waals surface area contributed by atoms with Gasteiger partial charge in [-0.05, 0) is 25.0 Å². The number of aryl methyl sites for hydroxylation is 1. The standard InChI is InChI=1S/C16H19N3O3/c1-18-7-6-17-15(18)16(21)9-11-4-5-12(10-16)19(11)14(20)13-3-2-8-22-13/h2-3,6-8,11-12,21H,4-5,9-10H2,1H3/t11-,12-/m0/s1. The summed E-state index contributed by atoms with van der Waals surface area (Å²) in [6.07, 6.45) is 7.96. The molecule has 1 amide bonds. The number of carbonyl (C=O) groups is 1. The fourth-order valence-corrected chi connectivity index (χ4v) is 4.08. The van der Waals surface area contributed by atoms with Gasteiger partial charge in [0.15, 0.2) is 5.76 Å². The Morgan fingerprint density at radius 3 is 2.68 bits per heavy atom. The maximum Gasteiger partial charge on any atom is 0.290 e. The molecule has 22 heavy (non-hydrogen) atoms. The van der Waals surface area contributed by atoms with Crippen molar-refractivity contribution in [3.05, 3.63) is 42.4 Å². The van der Waals surface area contributed by atoms with Crippen LogP contribution in [0.15, 0.2) is 35.2 Å². The molecule has 0 saturated carbocycles. The van der Waals surface area contributed by atoms with Crippen molar-refractivity contribution in [3.63, 3.8) is 0 Å². The zero-order valence-corrected chi connectivity index (χ0v) is 12.5. The monoisotopic (exact) mass is 301 g/mol. The van der Waals surface area contributed by atoms with Gasteiger partial charge in [0, 0.05) is 44.4 Å². The summed E-state index contributed by atoms with van der Waals surface area (Å²) in [5.41, 5.74) is -0.954. The number of piperidine rings is 1. The first kappa shape index (κ1) is 13.6. The second-order valence-corrected chi connectivity index (χ2v) is 6.38. The molecule has 2 aliphatic rings. The number of furan rings is 1. The number of aliphatic hydroxyl groups is 1. The number of imidazole rings is 1. The van der Waals surface area contributed by atoms with Gasteiger partial charge in [-0.2, -0.15) is 0 Å². The van der Waals surface area contributed by atoms with E-state index >= 15 is 0 Å². The molecule has 2 saturated heterocycles. The van der Waals surface area contributed by atoms with Crippen molar-refractivity contribution in [3.8, 4) is 0 Å². The predicted molar refractivity (Wildman–Crippen MR) is 78.0 cm³/mol. The molecule has 0 radical (unpaired) electrons. The Bertz CT molecular complexity index is 677. The van der Waals surface area contributed by atoms with Crippen molar-refractivity contribution < 1.29 is 14.3 Å². The molecule has 2 bridgehead atoms. The molecule has 2 aliphatic heterocycles. The Morgan fingerprint density at radius 1 is 1.41 bits per heavy atom. The van der Waals surface area contributed by atoms with E-state index in [9.17, 15) is 9.90 Å². The molecule has 2 fully saturated rings. The van der Waals surface area contributed by atoms with E-state index < -0.39 is 5.60 Å². The Hall–Kier alpha value is -2.08. The van der Waals surface area contributed by atoms with E-state index in [1.807, 2.05) is 22.7 Å². The molecule has 116 valence electrons. The molecule has 4 heterocycles. The van der Waals surface area contributed by atoms with Gasteiger partial charge < -0.3 is 19.0 Å². The highest BCUT2D eigenvalue weighted by atomic mass is 16.3. The highest BCUT2D eigenvalue weighted by Crippen LogP contribution is 2.45. The molecular weight excluding hydrogens is 282 g/mol. The van der Waals surface area contributed by atoms with Gasteiger partial charge in [0.25, 0.3) is 5.91 Å². The first-order valence-electron chi connectivity index (χ1n) is 7.65. The van der Waals surface area contributed by atoms with Crippen LogP contribution in [0.1, 0.15) is 42.1 Å². The summed E-state index contributed by atoms with van der Waals surface area (Å²) in [6.45, 7) is 0. The number of nitrogens with zero attached hydrogens (tertiary/aromatic N) is 3. The molecular formula is C16H19N3O3. The van der Waals surface area contributed by atoms with Crippen molar-refractivity contribution >= 4 is 5.91 Å². The Labute approximate surface area is 128 Å². The van der Waals surface area contributed by atoms with Gasteiger partial charge in [-0.25, -0.2) is 4.98 Å². The van der Waals surface area contributed by atoms with Crippen LogP contribution in [0.2, 0.25) is 0 Å². The van der Waals surface area contributed by atoms with E-state index in [-0.39, 0.29) is 18.0 Å². The number of carbonyl (C=O) groups excluding carboxylic acids is 1. The second kappa shape index (κ2) is 4.71. The number of rotatable bonds is 2. The number of hydrogen-bond donors (Lipinski definition) is 1. The summed E-state index contributed by atoms with van der Waals surface area (Å²) in [5.74, 6) is 0.994. The second-order valence-electron chi connectivity index (χ2n) is 6.38. The molecule has 0 spiro atoms. The first-order chi connectivity index (χ1) is 10.6. The highest BCUT2D eigenvalue weighted by Gasteiger charge is 2.51. The topological polar surface area (TPSA) is 71.5 Å². The molecule has 4 rings (SSSR count). The van der Waals surface area contributed by atoms with Crippen molar-refractivity contribution in [2.75, 3.05) is 0 Å². The molecule has 2 aromatic heterocycles. The summed E-state index contributed by atoms with van der Waals surface area (Å²) in [7, 11) is 1.89. The molecule has 6 nitrogen and oxygen atoms in total. The Kier molecular flexibility index (Phi) is 2.91. The molecule has 0 unspecified atom stereocenters. The van der Waals surface area contributed by atoms with Crippen LogP contribution in [0.5, 0.6) is 0 Å². The van der Waals surface area contributed by atoms with Crippen LogP contribution in [0.25, 0.3) is 0 Å². The zero-order valence-electron chi connectivity index (χ0n) is 12.5. The third kappa shape index (κ3) is 1.90. The van der Waals surface area contributed by atoms with Crippen molar-refractivity contribution in [1.29, 1.82) is 0 Å². The van der Waals surface area contributed by atoms with Crippen molar-refractivity contribution in [2.24, 2.45) is 7.05 Å². The van der Waals surface area contributed by atoms with Crippen LogP contribution >= 0.6 is 0 Å². The van der Waals surface area contributed by atoms with Gasteiger partial charge in [-0.15, -0.1) is 0 Å². The van der Waals surface area contributed by atoms with E-state index in [1.54, 1.807) is 18.3 Å². The average Bonchev–Trinajstić information content (AvgIpc) is 3.19. The fourth-order valence-electron chi connectivity index (χ4n) is 4.08. The summed E-state index contributed by atoms with van der Waals surface area (Å²) >= 11 is 0. The lowest BCUT2D eigenvalue weighted by atomic mass is 9.85. The zero-order chi connectivity index (χ0) is 15.3. The minimum atomic E-state index is -0.954. The van der Waals surface area contributed by atoms with Gasteiger partial charge in [-0.1, -0.05) is 0 Å². The minimum Gasteiger partial charge on any atom is -0.459 e. The van der Waals surface area contributed by atoms with Crippen LogP contribution in [-0.4, -0.2) is 37.5 Å². The maximum atomic E-state index is 12.6. The number of hydrogen-bond acceptors (Lipinski definition) is 4. The molecule has 0 aliphatic carbocycles. The molecule has 1 N–H and O–H groups in total. The largest absolute Gasteiger partial charge is 0.459 e. The van der Waals surface area contributed by atoms with E-state index in [0.29, 0.717) is 24.4 Å². The predicted octanol–water partition coefficient (Wildman–Crippen LogP) is 1.67. The number of aromatic nitrogens is 2. The molecule has 6 heteroatoms. The van der Waals surface area contributed by atoms with E-state index in [1.165, 1.54) is 6.26 Å².